The third-order valence-corrected chi connectivity index (χ3v) is 19.2. The first-order valence-electron chi connectivity index (χ1n) is 32.1. The first kappa shape index (κ1) is 56.9. The van der Waals surface area contributed by atoms with Gasteiger partial charge in [-0.15, -0.1) is 0 Å². The summed E-state index contributed by atoms with van der Waals surface area (Å²) in [5.41, 5.74) is 32.0. The molecule has 14 rings (SSSR count). The van der Waals surface area contributed by atoms with E-state index in [2.05, 4.69) is 311 Å². The second kappa shape index (κ2) is 20.6. The lowest BCUT2D eigenvalue weighted by Crippen LogP contribution is -2.16. The van der Waals surface area contributed by atoms with Crippen molar-refractivity contribution < 1.29 is 0 Å². The van der Waals surface area contributed by atoms with Crippen molar-refractivity contribution in [2.75, 3.05) is 0 Å². The van der Waals surface area contributed by atoms with Gasteiger partial charge in [-0.3, -0.25) is 0 Å². The molecule has 12 aromatic rings. The molecule has 0 heteroatoms. The SMILES string of the molecule is C\C=C(/C=C(\C=C\C(C)C)C(C)(C)C)c1c2c(c(-c3cc(C(C)(C)C)cc(C(C)(C)C)c3)c3ccc(-c4ccc5c6c(cccc46)-c4c-5c(-c5cc(C)cc(C)c5)c5ccccc5c4-c4cc(C)cc(C)c4)cc13)-c1cc3ccccc3c3cccc-2c13. The van der Waals surface area contributed by atoms with Crippen molar-refractivity contribution in [1.29, 1.82) is 0 Å². The normalized spacial score (nSPS) is 13.4. The van der Waals surface area contributed by atoms with Crippen LogP contribution in [0.25, 0.3) is 148 Å². The van der Waals surface area contributed by atoms with Crippen molar-refractivity contribution in [1.82, 2.24) is 0 Å². The minimum Gasteiger partial charge on any atom is -0.0817 e. The van der Waals surface area contributed by atoms with Gasteiger partial charge in [-0.05, 0) is 240 Å². The zero-order valence-corrected chi connectivity index (χ0v) is 54.6. The number of benzene rings is 12. The molecule has 0 aromatic heterocycles. The summed E-state index contributed by atoms with van der Waals surface area (Å²) in [6, 6.07) is 69.2. The molecule has 0 aliphatic heterocycles. The van der Waals surface area contributed by atoms with Crippen molar-refractivity contribution in [3.63, 3.8) is 0 Å². The Hall–Kier alpha value is -8.84. The van der Waals surface area contributed by atoms with E-state index in [1.54, 1.807) is 0 Å². The standard InChI is InChI=1S/C88H82/c1-17-55(44-61(86(8,9)10)34-32-50(2)3)76-74-47-57(33-35-70(74)79(60-45-62(87(11,12)13)49-63(46-60)88(14,15)16)85-75-48-56-24-18-19-25-64(56)66-28-22-31-72(81(66)75)82(76)85)65-36-37-73-80-67(65)29-23-30-71(80)83-77(58-40-51(4)38-52(5)41-58)68-26-20-21-27-69(68)78(84(73)83)59-42-53(6)39-54(7)43-59/h17-50H,1-16H3/b34-32+,55-17+,61-44+. The first-order valence-corrected chi connectivity index (χ1v) is 32.1. The van der Waals surface area contributed by atoms with Crippen LogP contribution < -0.4 is 0 Å². The Kier molecular flexibility index (Phi) is 13.4. The molecule has 0 unspecified atom stereocenters. The van der Waals surface area contributed by atoms with Crippen LogP contribution in [0.5, 0.6) is 0 Å². The van der Waals surface area contributed by atoms with Crippen LogP contribution in [-0.4, -0.2) is 0 Å². The molecular formula is C88H82. The van der Waals surface area contributed by atoms with E-state index in [0.717, 1.165) is 0 Å². The Bertz CT molecular complexity index is 4890. The molecule has 2 aliphatic carbocycles. The van der Waals surface area contributed by atoms with Crippen LogP contribution in [0.2, 0.25) is 0 Å². The summed E-state index contributed by atoms with van der Waals surface area (Å²) >= 11 is 0. The van der Waals surface area contributed by atoms with Gasteiger partial charge in [0.15, 0.2) is 0 Å². The van der Waals surface area contributed by atoms with Crippen molar-refractivity contribution in [3.05, 3.63) is 245 Å². The molecule has 2 aliphatic rings. The molecular weight excluding hydrogens is 1060 g/mol. The lowest BCUT2D eigenvalue weighted by molar-refractivity contribution is 0.516. The summed E-state index contributed by atoms with van der Waals surface area (Å²) in [6.07, 6.45) is 9.69. The molecule has 0 saturated carbocycles. The molecule has 0 N–H and O–H groups in total. The van der Waals surface area contributed by atoms with Gasteiger partial charge in [-0.25, -0.2) is 0 Å². The molecule has 0 saturated heterocycles. The Morgan fingerprint density at radius 3 is 1.38 bits per heavy atom. The minimum atomic E-state index is -0.120. The van der Waals surface area contributed by atoms with E-state index in [9.17, 15) is 0 Å². The van der Waals surface area contributed by atoms with Crippen LogP contribution in [0, 0.1) is 39.0 Å². The third-order valence-electron chi connectivity index (χ3n) is 19.2. The lowest BCUT2D eigenvalue weighted by Gasteiger charge is -2.28. The van der Waals surface area contributed by atoms with Crippen LogP contribution in [0.1, 0.15) is 122 Å². The highest BCUT2D eigenvalue weighted by atomic mass is 14.4. The summed E-state index contributed by atoms with van der Waals surface area (Å²) < 4.78 is 0. The second-order valence-corrected chi connectivity index (χ2v) is 29.3. The molecule has 0 atom stereocenters. The van der Waals surface area contributed by atoms with Gasteiger partial charge in [-0.1, -0.05) is 287 Å². The van der Waals surface area contributed by atoms with Gasteiger partial charge in [0.1, 0.15) is 0 Å². The highest BCUT2D eigenvalue weighted by Crippen LogP contribution is 2.61. The number of hydrogen-bond acceptors (Lipinski definition) is 0. The maximum atomic E-state index is 2.59. The van der Waals surface area contributed by atoms with Crippen LogP contribution in [-0.2, 0) is 10.8 Å². The molecule has 434 valence electrons. The number of hydrogen-bond donors (Lipinski definition) is 0. The summed E-state index contributed by atoms with van der Waals surface area (Å²) in [7, 11) is 0. The zero-order chi connectivity index (χ0) is 61.6. The molecule has 0 nitrogen and oxygen atoms in total. The van der Waals surface area contributed by atoms with E-state index in [-0.39, 0.29) is 16.2 Å². The van der Waals surface area contributed by atoms with Gasteiger partial charge in [0.2, 0.25) is 0 Å². The minimum absolute atomic E-state index is 0.0846. The average molecular weight is 1140 g/mol. The molecule has 12 aromatic carbocycles. The maximum absolute atomic E-state index is 2.59. The van der Waals surface area contributed by atoms with E-state index in [1.165, 1.54) is 193 Å². The predicted molar refractivity (Wildman–Crippen MR) is 386 cm³/mol. The quantitative estimate of drug-likeness (QED) is 0.105. The van der Waals surface area contributed by atoms with Gasteiger partial charge in [0.25, 0.3) is 0 Å². The molecule has 0 radical (unpaired) electrons. The highest BCUT2D eigenvalue weighted by molar-refractivity contribution is 6.32. The lowest BCUT2D eigenvalue weighted by atomic mass is 9.76. The monoisotopic (exact) mass is 1140 g/mol. The molecule has 0 fully saturated rings. The zero-order valence-electron chi connectivity index (χ0n) is 54.6. The van der Waals surface area contributed by atoms with Crippen LogP contribution in [0.15, 0.2) is 206 Å². The number of aryl methyl sites for hydroxylation is 4. The number of rotatable bonds is 8. The Morgan fingerprint density at radius 1 is 0.364 bits per heavy atom. The average Bonchev–Trinajstić information content (AvgIpc) is 1.52. The topological polar surface area (TPSA) is 0 Å². The molecule has 0 amide bonds. The van der Waals surface area contributed by atoms with Crippen LogP contribution in [0.4, 0.5) is 0 Å². The molecule has 0 bridgehead atoms. The molecule has 0 spiro atoms. The van der Waals surface area contributed by atoms with Gasteiger partial charge in [-0.2, -0.15) is 0 Å². The van der Waals surface area contributed by atoms with Crippen LogP contribution >= 0.6 is 0 Å². The Morgan fingerprint density at radius 2 is 0.830 bits per heavy atom. The smallest absolute Gasteiger partial charge is 0.000719 e. The van der Waals surface area contributed by atoms with E-state index < -0.39 is 0 Å². The van der Waals surface area contributed by atoms with E-state index in [0.29, 0.717) is 5.92 Å². The fraction of sp³-hybridized carbons (Fsp3) is 0.227. The number of allylic oxidation sites excluding steroid dienone is 6. The van der Waals surface area contributed by atoms with Gasteiger partial charge < -0.3 is 0 Å². The Balaban J connectivity index is 1.13. The summed E-state index contributed by atoms with van der Waals surface area (Å²) in [6.45, 7) is 37.1. The summed E-state index contributed by atoms with van der Waals surface area (Å²) in [5, 5.41) is 12.9. The second-order valence-electron chi connectivity index (χ2n) is 29.3. The largest absolute Gasteiger partial charge is 0.0817 e. The van der Waals surface area contributed by atoms with Gasteiger partial charge in [0.05, 0.1) is 0 Å². The Labute approximate surface area is 523 Å². The van der Waals surface area contributed by atoms with Crippen molar-refractivity contribution in [2.45, 2.75) is 122 Å². The fourth-order valence-electron chi connectivity index (χ4n) is 15.2. The summed E-state index contributed by atoms with van der Waals surface area (Å²) in [5.74, 6) is 0.413. The van der Waals surface area contributed by atoms with Crippen molar-refractivity contribution >= 4 is 59.4 Å². The van der Waals surface area contributed by atoms with Gasteiger partial charge in [0, 0.05) is 0 Å². The van der Waals surface area contributed by atoms with E-state index >= 15 is 0 Å². The fourth-order valence-corrected chi connectivity index (χ4v) is 15.2. The third kappa shape index (κ3) is 9.23. The van der Waals surface area contributed by atoms with E-state index in [4.69, 9.17) is 0 Å². The van der Waals surface area contributed by atoms with Crippen molar-refractivity contribution in [2.24, 2.45) is 11.3 Å². The maximum Gasteiger partial charge on any atom is -0.000719 e. The molecule has 0 heterocycles. The summed E-state index contributed by atoms with van der Waals surface area (Å²) in [4.78, 5) is 0. The first-order chi connectivity index (χ1) is 42.0. The molecule has 88 heavy (non-hydrogen) atoms. The number of fused-ring (bicyclic) bond motifs is 10. The predicted octanol–water partition coefficient (Wildman–Crippen LogP) is 25.8. The van der Waals surface area contributed by atoms with Crippen LogP contribution in [0.3, 0.4) is 0 Å². The van der Waals surface area contributed by atoms with Gasteiger partial charge >= 0.3 is 0 Å². The highest BCUT2D eigenvalue weighted by Gasteiger charge is 2.35. The van der Waals surface area contributed by atoms with Crippen molar-refractivity contribution in [3.8, 4) is 89.0 Å². The van der Waals surface area contributed by atoms with E-state index in [1.807, 2.05) is 0 Å².